The molecule has 0 aromatic carbocycles. The van der Waals surface area contributed by atoms with Gasteiger partial charge in [-0.15, -0.1) is 0 Å². The molecule has 2 rings (SSSR count). The Hall–Kier alpha value is -1.65. The molecule has 0 spiro atoms. The largest absolute Gasteiger partial charge is 0.370 e. The van der Waals surface area contributed by atoms with Gasteiger partial charge in [0.05, 0.1) is 0 Å². The van der Waals surface area contributed by atoms with Crippen molar-refractivity contribution in [1.29, 1.82) is 0 Å². The Kier molecular flexibility index (Phi) is 6.44. The maximum atomic E-state index is 12.2. The van der Waals surface area contributed by atoms with Gasteiger partial charge in [0, 0.05) is 18.7 Å². The molecular weight excluding hydrogens is 264 g/mol. The van der Waals surface area contributed by atoms with E-state index < -0.39 is 0 Å². The Bertz CT molecular complexity index is 444. The molecule has 1 amide bonds. The summed E-state index contributed by atoms with van der Waals surface area (Å²) in [4.78, 5) is 20.5. The third kappa shape index (κ3) is 5.33. The molecule has 5 heteroatoms. The van der Waals surface area contributed by atoms with Crippen molar-refractivity contribution in [2.45, 2.75) is 64.3 Å². The third-order valence-corrected chi connectivity index (χ3v) is 3.93. The molecule has 1 aliphatic rings. The van der Waals surface area contributed by atoms with Crippen molar-refractivity contribution in [2.24, 2.45) is 0 Å². The monoisotopic (exact) mass is 290 g/mol. The smallest absolute Gasteiger partial charge is 0.270 e. The fourth-order valence-corrected chi connectivity index (χ4v) is 2.68. The highest BCUT2D eigenvalue weighted by Crippen LogP contribution is 2.17. The molecular formula is C16H26N4O. The summed E-state index contributed by atoms with van der Waals surface area (Å²) in [5, 5.41) is 6.33. The Morgan fingerprint density at radius 1 is 1.24 bits per heavy atom. The lowest BCUT2D eigenvalue weighted by Crippen LogP contribution is -2.36. The minimum Gasteiger partial charge on any atom is -0.370 e. The van der Waals surface area contributed by atoms with Crippen LogP contribution in [0.3, 0.4) is 0 Å². The van der Waals surface area contributed by atoms with Crippen molar-refractivity contribution in [3.05, 3.63) is 18.1 Å². The molecule has 1 aromatic heterocycles. The zero-order valence-corrected chi connectivity index (χ0v) is 12.9. The van der Waals surface area contributed by atoms with Gasteiger partial charge in [-0.1, -0.05) is 39.0 Å². The van der Waals surface area contributed by atoms with Crippen LogP contribution in [0.5, 0.6) is 0 Å². The van der Waals surface area contributed by atoms with Crippen LogP contribution >= 0.6 is 0 Å². The third-order valence-electron chi connectivity index (χ3n) is 3.93. The summed E-state index contributed by atoms with van der Waals surface area (Å²) in [6, 6.07) is 2.05. The first-order chi connectivity index (χ1) is 10.3. The van der Waals surface area contributed by atoms with Crippen LogP contribution < -0.4 is 10.6 Å². The van der Waals surface area contributed by atoms with E-state index >= 15 is 0 Å². The van der Waals surface area contributed by atoms with Gasteiger partial charge < -0.3 is 10.6 Å². The van der Waals surface area contributed by atoms with Crippen LogP contribution in [-0.4, -0.2) is 28.5 Å². The number of rotatable bonds is 7. The van der Waals surface area contributed by atoms with E-state index in [1.54, 1.807) is 6.07 Å². The molecule has 1 fully saturated rings. The molecule has 0 atom stereocenters. The van der Waals surface area contributed by atoms with Crippen molar-refractivity contribution < 1.29 is 4.79 Å². The number of amides is 1. The Labute approximate surface area is 127 Å². The lowest BCUT2D eigenvalue weighted by molar-refractivity contribution is 0.0922. The fourth-order valence-electron chi connectivity index (χ4n) is 2.68. The van der Waals surface area contributed by atoms with Crippen molar-refractivity contribution in [1.82, 2.24) is 15.3 Å². The number of carbonyl (C=O) groups is 1. The molecule has 1 aromatic rings. The molecule has 2 N–H and O–H groups in total. The van der Waals surface area contributed by atoms with E-state index in [0.29, 0.717) is 11.7 Å². The van der Waals surface area contributed by atoms with Gasteiger partial charge in [-0.25, -0.2) is 9.97 Å². The van der Waals surface area contributed by atoms with E-state index in [1.807, 2.05) is 0 Å². The molecule has 116 valence electrons. The van der Waals surface area contributed by atoms with Crippen LogP contribution in [0.1, 0.15) is 68.8 Å². The lowest BCUT2D eigenvalue weighted by Gasteiger charge is -2.22. The van der Waals surface area contributed by atoms with E-state index in [9.17, 15) is 4.79 Å². The van der Waals surface area contributed by atoms with Gasteiger partial charge in [0.25, 0.3) is 5.91 Å². The minimum absolute atomic E-state index is 0.0825. The number of hydrogen-bond acceptors (Lipinski definition) is 4. The summed E-state index contributed by atoms with van der Waals surface area (Å²) >= 11 is 0. The number of anilines is 1. The maximum Gasteiger partial charge on any atom is 0.270 e. The predicted molar refractivity (Wildman–Crippen MR) is 84.4 cm³/mol. The van der Waals surface area contributed by atoms with Gasteiger partial charge >= 0.3 is 0 Å². The number of unbranched alkanes of at least 4 members (excludes halogenated alkanes) is 2. The molecule has 0 aliphatic heterocycles. The summed E-state index contributed by atoms with van der Waals surface area (Å²) in [5.41, 5.74) is 0.452. The van der Waals surface area contributed by atoms with Crippen LogP contribution in [0.15, 0.2) is 12.4 Å². The topological polar surface area (TPSA) is 66.9 Å². The highest BCUT2D eigenvalue weighted by atomic mass is 16.1. The SMILES string of the molecule is CCCCCNc1cc(C(=O)NC2CCCCC2)ncn1. The van der Waals surface area contributed by atoms with Crippen LogP contribution in [0.4, 0.5) is 5.82 Å². The van der Waals surface area contributed by atoms with Crippen molar-refractivity contribution in [2.75, 3.05) is 11.9 Å². The van der Waals surface area contributed by atoms with Crippen molar-refractivity contribution in [3.8, 4) is 0 Å². The molecule has 1 saturated carbocycles. The number of nitrogens with zero attached hydrogens (tertiary/aromatic N) is 2. The maximum absolute atomic E-state index is 12.2. The minimum atomic E-state index is -0.0825. The molecule has 0 radical (unpaired) electrons. The highest BCUT2D eigenvalue weighted by Gasteiger charge is 2.17. The second-order valence-corrected chi connectivity index (χ2v) is 5.73. The number of nitrogens with one attached hydrogen (secondary N) is 2. The second-order valence-electron chi connectivity index (χ2n) is 5.73. The van der Waals surface area contributed by atoms with E-state index in [-0.39, 0.29) is 5.91 Å². The normalized spacial score (nSPS) is 15.7. The van der Waals surface area contributed by atoms with Crippen LogP contribution in [0, 0.1) is 0 Å². The van der Waals surface area contributed by atoms with Gasteiger partial charge in [-0.05, 0) is 19.3 Å². The summed E-state index contributed by atoms with van der Waals surface area (Å²) in [6.45, 7) is 3.06. The first-order valence-electron chi connectivity index (χ1n) is 8.16. The quantitative estimate of drug-likeness (QED) is 0.757. The average molecular weight is 290 g/mol. The molecule has 0 saturated heterocycles. The van der Waals surface area contributed by atoms with Gasteiger partial charge in [0.2, 0.25) is 0 Å². The average Bonchev–Trinajstić information content (AvgIpc) is 2.53. The molecule has 1 heterocycles. The number of carbonyl (C=O) groups excluding carboxylic acids is 1. The summed E-state index contributed by atoms with van der Waals surface area (Å²) < 4.78 is 0. The first-order valence-corrected chi connectivity index (χ1v) is 8.16. The summed E-state index contributed by atoms with van der Waals surface area (Å²) in [5.74, 6) is 0.649. The van der Waals surface area contributed by atoms with Gasteiger partial charge in [-0.3, -0.25) is 4.79 Å². The van der Waals surface area contributed by atoms with Gasteiger partial charge in [0.1, 0.15) is 17.8 Å². The van der Waals surface area contributed by atoms with Crippen LogP contribution in [-0.2, 0) is 0 Å². The van der Waals surface area contributed by atoms with Gasteiger partial charge in [0.15, 0.2) is 0 Å². The zero-order valence-electron chi connectivity index (χ0n) is 12.9. The summed E-state index contributed by atoms with van der Waals surface area (Å²) in [7, 11) is 0. The molecule has 5 nitrogen and oxygen atoms in total. The summed E-state index contributed by atoms with van der Waals surface area (Å²) in [6.07, 6.45) is 10.8. The Morgan fingerprint density at radius 2 is 2.05 bits per heavy atom. The Balaban J connectivity index is 1.85. The molecule has 0 unspecified atom stereocenters. The van der Waals surface area contributed by atoms with Crippen molar-refractivity contribution >= 4 is 11.7 Å². The van der Waals surface area contributed by atoms with E-state index in [2.05, 4.69) is 27.5 Å². The molecule has 1 aliphatic carbocycles. The molecule has 21 heavy (non-hydrogen) atoms. The van der Waals surface area contributed by atoms with E-state index in [1.165, 1.54) is 38.4 Å². The predicted octanol–water partition coefficient (Wildman–Crippen LogP) is 3.14. The second kappa shape index (κ2) is 8.60. The van der Waals surface area contributed by atoms with Crippen LogP contribution in [0.25, 0.3) is 0 Å². The fraction of sp³-hybridized carbons (Fsp3) is 0.688. The number of hydrogen-bond donors (Lipinski definition) is 2. The van der Waals surface area contributed by atoms with Crippen molar-refractivity contribution in [3.63, 3.8) is 0 Å². The van der Waals surface area contributed by atoms with E-state index in [0.717, 1.165) is 31.6 Å². The zero-order chi connectivity index (χ0) is 14.9. The Morgan fingerprint density at radius 3 is 2.81 bits per heavy atom. The van der Waals surface area contributed by atoms with E-state index in [4.69, 9.17) is 0 Å². The van der Waals surface area contributed by atoms with Crippen LogP contribution in [0.2, 0.25) is 0 Å². The van der Waals surface area contributed by atoms with Gasteiger partial charge in [-0.2, -0.15) is 0 Å². The molecule has 0 bridgehead atoms. The standard InChI is InChI=1S/C16H26N4O/c1-2-3-7-10-17-15-11-14(18-12-19-15)16(21)20-13-8-5-4-6-9-13/h11-13H,2-10H2,1H3,(H,20,21)(H,17,18,19). The lowest BCUT2D eigenvalue weighted by atomic mass is 9.95. The number of aromatic nitrogens is 2. The highest BCUT2D eigenvalue weighted by molar-refractivity contribution is 5.93. The first kappa shape index (κ1) is 15.7.